The Morgan fingerprint density at radius 1 is 1.58 bits per heavy atom. The largest absolute Gasteiger partial charge is 0.228 e. The Labute approximate surface area is 82.1 Å². The van der Waals surface area contributed by atoms with E-state index < -0.39 is 0 Å². The van der Waals surface area contributed by atoms with E-state index in [1.807, 2.05) is 0 Å². The molecule has 4 heteroatoms. The van der Waals surface area contributed by atoms with Crippen LogP contribution in [0, 0.1) is 5.41 Å². The maximum atomic E-state index is 6.19. The summed E-state index contributed by atoms with van der Waals surface area (Å²) in [6.45, 7) is 6.39. The molecule has 0 spiro atoms. The van der Waals surface area contributed by atoms with Crippen molar-refractivity contribution in [1.82, 2.24) is 9.36 Å². The van der Waals surface area contributed by atoms with Crippen molar-refractivity contribution in [2.45, 2.75) is 32.6 Å². The fourth-order valence-corrected chi connectivity index (χ4v) is 1.53. The van der Waals surface area contributed by atoms with Crippen LogP contribution in [0.5, 0.6) is 0 Å². The van der Waals surface area contributed by atoms with Crippen LogP contribution >= 0.6 is 23.1 Å². The molecule has 0 bridgehead atoms. The van der Waals surface area contributed by atoms with E-state index in [-0.39, 0.29) is 10.8 Å². The van der Waals surface area contributed by atoms with Gasteiger partial charge in [0.15, 0.2) is 0 Å². The molecule has 0 saturated heterocycles. The zero-order chi connectivity index (χ0) is 9.19. The molecule has 0 aliphatic carbocycles. The van der Waals surface area contributed by atoms with E-state index in [0.717, 1.165) is 11.4 Å². The van der Waals surface area contributed by atoms with E-state index >= 15 is 0 Å². The van der Waals surface area contributed by atoms with E-state index in [1.54, 1.807) is 6.33 Å². The molecular weight excluding hydrogens is 192 g/mol. The molecule has 0 aromatic carbocycles. The van der Waals surface area contributed by atoms with Gasteiger partial charge in [-0.25, -0.2) is 4.98 Å². The average molecular weight is 205 g/mol. The summed E-state index contributed by atoms with van der Waals surface area (Å²) in [5.41, 5.74) is 0.132. The van der Waals surface area contributed by atoms with Gasteiger partial charge in [0.05, 0.1) is 0 Å². The third-order valence-electron chi connectivity index (χ3n) is 1.70. The molecule has 0 radical (unpaired) electrons. The number of rotatable bonds is 2. The highest BCUT2D eigenvalue weighted by molar-refractivity contribution is 7.05. The minimum atomic E-state index is 0.130. The summed E-state index contributed by atoms with van der Waals surface area (Å²) in [5, 5.41) is 1.15. The van der Waals surface area contributed by atoms with Gasteiger partial charge in [0.25, 0.3) is 0 Å². The van der Waals surface area contributed by atoms with Gasteiger partial charge in [-0.3, -0.25) is 0 Å². The molecule has 0 fully saturated rings. The summed E-state index contributed by atoms with van der Waals surface area (Å²) in [4.78, 5) is 4.09. The summed E-state index contributed by atoms with van der Waals surface area (Å²) in [6.07, 6.45) is 2.39. The van der Waals surface area contributed by atoms with Crippen molar-refractivity contribution in [2.75, 3.05) is 0 Å². The SMILES string of the molecule is CC(C)(C)C(Cl)Cc1ncns1. The Hall–Kier alpha value is -0.150. The lowest BCUT2D eigenvalue weighted by Gasteiger charge is -2.23. The second-order valence-electron chi connectivity index (χ2n) is 3.87. The van der Waals surface area contributed by atoms with Gasteiger partial charge in [-0.05, 0) is 16.9 Å². The molecule has 1 aromatic heterocycles. The molecular formula is C8H13ClN2S. The van der Waals surface area contributed by atoms with Crippen LogP contribution in [0.3, 0.4) is 0 Å². The van der Waals surface area contributed by atoms with Gasteiger partial charge in [-0.1, -0.05) is 20.8 Å². The highest BCUT2D eigenvalue weighted by Crippen LogP contribution is 2.27. The normalized spacial score (nSPS) is 14.7. The van der Waals surface area contributed by atoms with Gasteiger partial charge in [0.1, 0.15) is 11.3 Å². The van der Waals surface area contributed by atoms with Crippen LogP contribution in [0.15, 0.2) is 6.33 Å². The maximum Gasteiger partial charge on any atom is 0.129 e. The molecule has 1 aromatic rings. The molecule has 0 aliphatic heterocycles. The van der Waals surface area contributed by atoms with Crippen LogP contribution in [0.2, 0.25) is 0 Å². The molecule has 1 rings (SSSR count). The highest BCUT2D eigenvalue weighted by atomic mass is 35.5. The van der Waals surface area contributed by atoms with Crippen LogP contribution in [0.4, 0.5) is 0 Å². The first kappa shape index (κ1) is 9.93. The van der Waals surface area contributed by atoms with Crippen molar-refractivity contribution in [3.05, 3.63) is 11.3 Å². The van der Waals surface area contributed by atoms with Gasteiger partial charge in [0, 0.05) is 11.8 Å². The molecule has 0 aliphatic rings. The predicted octanol–water partition coefficient (Wildman–Crippen LogP) is 2.73. The minimum Gasteiger partial charge on any atom is -0.228 e. The molecule has 0 saturated carbocycles. The quantitative estimate of drug-likeness (QED) is 0.693. The summed E-state index contributed by atoms with van der Waals surface area (Å²) in [6, 6.07) is 0. The van der Waals surface area contributed by atoms with E-state index in [2.05, 4.69) is 30.1 Å². The zero-order valence-electron chi connectivity index (χ0n) is 7.54. The van der Waals surface area contributed by atoms with E-state index in [1.165, 1.54) is 11.5 Å². The molecule has 1 heterocycles. The number of halogens is 1. The molecule has 2 nitrogen and oxygen atoms in total. The Morgan fingerprint density at radius 2 is 2.25 bits per heavy atom. The lowest BCUT2D eigenvalue weighted by molar-refractivity contribution is 0.386. The maximum absolute atomic E-state index is 6.19. The van der Waals surface area contributed by atoms with Crippen LogP contribution < -0.4 is 0 Å². The first-order valence-electron chi connectivity index (χ1n) is 3.90. The smallest absolute Gasteiger partial charge is 0.129 e. The van der Waals surface area contributed by atoms with E-state index in [0.29, 0.717) is 0 Å². The molecule has 12 heavy (non-hydrogen) atoms. The number of nitrogens with zero attached hydrogens (tertiary/aromatic N) is 2. The van der Waals surface area contributed by atoms with Crippen molar-refractivity contribution >= 4 is 23.1 Å². The van der Waals surface area contributed by atoms with Crippen molar-refractivity contribution in [1.29, 1.82) is 0 Å². The Balaban J connectivity index is 2.53. The van der Waals surface area contributed by atoms with Crippen molar-refractivity contribution in [2.24, 2.45) is 5.41 Å². The summed E-state index contributed by atoms with van der Waals surface area (Å²) >= 11 is 7.61. The third kappa shape index (κ3) is 2.72. The van der Waals surface area contributed by atoms with Gasteiger partial charge < -0.3 is 0 Å². The number of hydrogen-bond donors (Lipinski definition) is 0. The fourth-order valence-electron chi connectivity index (χ4n) is 0.745. The second kappa shape index (κ2) is 3.71. The van der Waals surface area contributed by atoms with Gasteiger partial charge in [-0.2, -0.15) is 4.37 Å². The standard InChI is InChI=1S/C8H13ClN2S/c1-8(2,3)6(9)4-7-10-5-11-12-7/h5-6H,4H2,1-3H3. The van der Waals surface area contributed by atoms with Crippen LogP contribution in [-0.2, 0) is 6.42 Å². The fraction of sp³-hybridized carbons (Fsp3) is 0.750. The molecule has 0 amide bonds. The number of hydrogen-bond acceptors (Lipinski definition) is 3. The first-order chi connectivity index (χ1) is 5.50. The van der Waals surface area contributed by atoms with E-state index in [9.17, 15) is 0 Å². The van der Waals surface area contributed by atoms with Crippen LogP contribution in [0.25, 0.3) is 0 Å². The lowest BCUT2D eigenvalue weighted by atomic mass is 9.90. The predicted molar refractivity (Wildman–Crippen MR) is 52.7 cm³/mol. The van der Waals surface area contributed by atoms with Gasteiger partial charge in [0.2, 0.25) is 0 Å². The molecule has 1 atom stereocenters. The summed E-state index contributed by atoms with van der Waals surface area (Å²) < 4.78 is 3.93. The third-order valence-corrected chi connectivity index (χ3v) is 3.19. The first-order valence-corrected chi connectivity index (χ1v) is 5.11. The van der Waals surface area contributed by atoms with Crippen molar-refractivity contribution in [3.63, 3.8) is 0 Å². The second-order valence-corrected chi connectivity index (χ2v) is 5.26. The molecule has 68 valence electrons. The Bertz CT molecular complexity index is 228. The van der Waals surface area contributed by atoms with Crippen LogP contribution in [0.1, 0.15) is 25.8 Å². The minimum absolute atomic E-state index is 0.130. The summed E-state index contributed by atoms with van der Waals surface area (Å²) in [5.74, 6) is 0. The Kier molecular flexibility index (Phi) is 3.07. The zero-order valence-corrected chi connectivity index (χ0v) is 9.11. The van der Waals surface area contributed by atoms with Crippen molar-refractivity contribution < 1.29 is 0 Å². The Morgan fingerprint density at radius 3 is 2.67 bits per heavy atom. The number of alkyl halides is 1. The number of aromatic nitrogens is 2. The lowest BCUT2D eigenvalue weighted by Crippen LogP contribution is -2.22. The molecule has 0 N–H and O–H groups in total. The van der Waals surface area contributed by atoms with E-state index in [4.69, 9.17) is 11.6 Å². The van der Waals surface area contributed by atoms with Gasteiger partial charge in [-0.15, -0.1) is 11.6 Å². The average Bonchev–Trinajstić information content (AvgIpc) is 2.37. The van der Waals surface area contributed by atoms with Gasteiger partial charge >= 0.3 is 0 Å². The monoisotopic (exact) mass is 204 g/mol. The molecule has 1 unspecified atom stereocenters. The van der Waals surface area contributed by atoms with Crippen LogP contribution in [-0.4, -0.2) is 14.7 Å². The topological polar surface area (TPSA) is 25.8 Å². The van der Waals surface area contributed by atoms with Crippen molar-refractivity contribution in [3.8, 4) is 0 Å². The highest BCUT2D eigenvalue weighted by Gasteiger charge is 2.23. The summed E-state index contributed by atoms with van der Waals surface area (Å²) in [7, 11) is 0.